The van der Waals surface area contributed by atoms with Gasteiger partial charge in [0.05, 0.1) is 13.2 Å². The summed E-state index contributed by atoms with van der Waals surface area (Å²) >= 11 is 14.7. The van der Waals surface area contributed by atoms with Gasteiger partial charge < -0.3 is 9.47 Å². The van der Waals surface area contributed by atoms with Crippen molar-refractivity contribution in [1.82, 2.24) is 0 Å². The molecule has 0 fully saturated rings. The van der Waals surface area contributed by atoms with Gasteiger partial charge in [0, 0.05) is 111 Å². The predicted molar refractivity (Wildman–Crippen MR) is 377 cm³/mol. The number of benzene rings is 2. The number of hydrogen-bond donors (Lipinski definition) is 0. The number of ether oxygens (including phenoxy) is 2. The van der Waals surface area contributed by atoms with Gasteiger partial charge in [0.15, 0.2) is 0 Å². The number of fused-ring (bicyclic) bond motifs is 4. The van der Waals surface area contributed by atoms with Crippen molar-refractivity contribution in [3.63, 3.8) is 0 Å². The zero-order valence-electron chi connectivity index (χ0n) is 51.0. The zero-order chi connectivity index (χ0) is 58.7. The highest BCUT2D eigenvalue weighted by atomic mass is 32.1. The Morgan fingerprint density at radius 2 is 0.714 bits per heavy atom. The van der Waals surface area contributed by atoms with E-state index in [0.717, 1.165) is 48.3 Å². The second-order valence-electron chi connectivity index (χ2n) is 23.3. The first-order valence-electron chi connectivity index (χ1n) is 31.8. The highest BCUT2D eigenvalue weighted by Gasteiger charge is 2.28. The fourth-order valence-corrected chi connectivity index (χ4v) is 21.4. The van der Waals surface area contributed by atoms with Gasteiger partial charge in [-0.3, -0.25) is 0 Å². The van der Waals surface area contributed by atoms with Gasteiger partial charge in [0.25, 0.3) is 0 Å². The number of carbonyl (C=O) groups excluding carboxylic acids is 2. The van der Waals surface area contributed by atoms with E-state index in [-0.39, 0.29) is 11.9 Å². The highest BCUT2D eigenvalue weighted by molar-refractivity contribution is 7.30. The average Bonchev–Trinajstić information content (AvgIpc) is 1.79. The lowest BCUT2D eigenvalue weighted by atomic mass is 9.95. The van der Waals surface area contributed by atoms with E-state index in [0.29, 0.717) is 34.8 Å². The molecule has 84 heavy (non-hydrogen) atoms. The minimum absolute atomic E-state index is 0.238. The number of aryl methyl sites for hydroxylation is 2. The van der Waals surface area contributed by atoms with Crippen molar-refractivity contribution < 1.29 is 19.1 Å². The van der Waals surface area contributed by atoms with Crippen LogP contribution in [0.25, 0.3) is 91.9 Å². The minimum atomic E-state index is -0.238. The van der Waals surface area contributed by atoms with Crippen LogP contribution in [0.2, 0.25) is 0 Å². The molecule has 10 aromatic rings. The molecule has 446 valence electrons. The normalized spacial score (nSPS) is 12.7. The molecule has 0 amide bonds. The topological polar surface area (TPSA) is 52.6 Å². The summed E-state index contributed by atoms with van der Waals surface area (Å²) in [6.07, 6.45) is 26.1. The van der Waals surface area contributed by atoms with Crippen LogP contribution in [0.4, 0.5) is 0 Å². The van der Waals surface area contributed by atoms with Crippen LogP contribution >= 0.6 is 90.7 Å². The van der Waals surface area contributed by atoms with Crippen molar-refractivity contribution in [1.29, 1.82) is 0 Å². The smallest absolute Gasteiger partial charge is 0.348 e. The van der Waals surface area contributed by atoms with Crippen molar-refractivity contribution in [2.24, 2.45) is 11.8 Å². The first kappa shape index (κ1) is 63.1. The molecule has 0 spiro atoms. The number of esters is 2. The van der Waals surface area contributed by atoms with E-state index in [1.807, 2.05) is 80.2 Å². The number of hydrogen-bond acceptors (Lipinski definition) is 12. The van der Waals surface area contributed by atoms with Gasteiger partial charge in [-0.1, -0.05) is 157 Å². The summed E-state index contributed by atoms with van der Waals surface area (Å²) in [7, 11) is 0. The number of carbonyl (C=O) groups is 2. The van der Waals surface area contributed by atoms with Crippen molar-refractivity contribution in [3.8, 4) is 51.5 Å². The maximum Gasteiger partial charge on any atom is 0.348 e. The fraction of sp³-hybridized carbons (Fsp3) is 0.472. The van der Waals surface area contributed by atoms with Crippen molar-refractivity contribution >= 4 is 143 Å². The van der Waals surface area contributed by atoms with E-state index in [2.05, 4.69) is 116 Å². The van der Waals surface area contributed by atoms with Crippen LogP contribution in [-0.2, 0) is 22.3 Å². The van der Waals surface area contributed by atoms with Gasteiger partial charge in [0.2, 0.25) is 0 Å². The van der Waals surface area contributed by atoms with Crippen molar-refractivity contribution in [3.05, 3.63) is 102 Å². The van der Waals surface area contributed by atoms with Crippen molar-refractivity contribution in [2.45, 2.75) is 197 Å². The molecule has 0 radical (unpaired) electrons. The Hall–Kier alpha value is -3.98. The maximum atomic E-state index is 13.8. The molecule has 0 aliphatic carbocycles. The fourth-order valence-electron chi connectivity index (χ4n) is 12.1. The summed E-state index contributed by atoms with van der Waals surface area (Å²) in [5.41, 5.74) is 5.10. The maximum absolute atomic E-state index is 13.8. The van der Waals surface area contributed by atoms with Gasteiger partial charge >= 0.3 is 11.9 Å². The third-order valence-electron chi connectivity index (χ3n) is 16.9. The van der Waals surface area contributed by atoms with Crippen LogP contribution in [0.1, 0.15) is 209 Å². The molecule has 2 unspecified atom stereocenters. The summed E-state index contributed by atoms with van der Waals surface area (Å²) in [5, 5.41) is 5.07. The largest absolute Gasteiger partial charge is 0.462 e. The lowest BCUT2D eigenvalue weighted by Crippen LogP contribution is -2.04. The third-order valence-corrected chi connectivity index (χ3v) is 25.9. The molecular weight excluding hydrogens is 1190 g/mol. The molecule has 12 heteroatoms. The molecule has 0 saturated carbocycles. The molecule has 0 bridgehead atoms. The van der Waals surface area contributed by atoms with E-state index in [4.69, 9.17) is 9.47 Å². The lowest BCUT2D eigenvalue weighted by Gasteiger charge is -2.13. The van der Waals surface area contributed by atoms with Gasteiger partial charge in [0.1, 0.15) is 9.75 Å². The van der Waals surface area contributed by atoms with E-state index in [1.165, 1.54) is 204 Å². The van der Waals surface area contributed by atoms with Crippen LogP contribution in [0, 0.1) is 25.7 Å². The Kier molecular flexibility index (Phi) is 22.7. The average molecular weight is 1270 g/mol. The van der Waals surface area contributed by atoms with E-state index in [9.17, 15) is 9.59 Å². The van der Waals surface area contributed by atoms with Gasteiger partial charge in [-0.05, 0) is 124 Å². The number of unbranched alkanes of at least 4 members (excludes halogenated alkanes) is 12. The Morgan fingerprint density at radius 3 is 1.11 bits per heavy atom. The second kappa shape index (κ2) is 30.3. The monoisotopic (exact) mass is 1270 g/mol. The minimum Gasteiger partial charge on any atom is -0.462 e. The SMILES string of the molecule is CCCCCCCCOC(=O)c1ccc(-c2c3cc(-c4cc5c(-c6ccc(CC(CC)CCCC)s6)c6sc(C)cc6c(-c6ccc(CC(CC)CCCC)s6)c5s4)sc3c(-c3ccc(C(=O)OCCCCCCCC)s3)c3cc(C)sc23)s1. The molecule has 2 atom stereocenters. The molecule has 0 aliphatic heterocycles. The Bertz CT molecular complexity index is 3550. The summed E-state index contributed by atoms with van der Waals surface area (Å²) in [6.45, 7) is 19.2. The van der Waals surface area contributed by atoms with Crippen LogP contribution in [-0.4, -0.2) is 25.2 Å². The third kappa shape index (κ3) is 14.6. The predicted octanol–water partition coefficient (Wildman–Crippen LogP) is 26.3. The summed E-state index contributed by atoms with van der Waals surface area (Å²) in [5.74, 6) is 0.929. The highest BCUT2D eigenvalue weighted by Crippen LogP contribution is 2.57. The van der Waals surface area contributed by atoms with Crippen LogP contribution < -0.4 is 0 Å². The van der Waals surface area contributed by atoms with Gasteiger partial charge in [-0.25, -0.2) is 9.59 Å². The van der Waals surface area contributed by atoms with Crippen LogP contribution in [0.5, 0.6) is 0 Å². The molecule has 0 N–H and O–H groups in total. The van der Waals surface area contributed by atoms with Crippen molar-refractivity contribution in [2.75, 3.05) is 13.2 Å². The Labute approximate surface area is 532 Å². The molecule has 0 aliphatic rings. The molecule has 8 heterocycles. The van der Waals surface area contributed by atoms with E-state index in [1.54, 1.807) is 22.7 Å². The number of thiophene rings is 8. The summed E-state index contributed by atoms with van der Waals surface area (Å²) in [4.78, 5) is 41.7. The van der Waals surface area contributed by atoms with Gasteiger partial charge in [-0.15, -0.1) is 90.7 Å². The number of rotatable bonds is 33. The molecule has 0 saturated heterocycles. The van der Waals surface area contributed by atoms with E-state index < -0.39 is 0 Å². The van der Waals surface area contributed by atoms with Crippen LogP contribution in [0.15, 0.2) is 72.8 Å². The Balaban J connectivity index is 1.12. The summed E-state index contributed by atoms with van der Waals surface area (Å²) in [6, 6.07) is 27.8. The van der Waals surface area contributed by atoms with Crippen LogP contribution in [0.3, 0.4) is 0 Å². The quantitative estimate of drug-likeness (QED) is 0.0304. The molecular formula is C72H86O4S8. The lowest BCUT2D eigenvalue weighted by molar-refractivity contribution is 0.0494. The van der Waals surface area contributed by atoms with E-state index >= 15 is 0 Å². The van der Waals surface area contributed by atoms with Gasteiger partial charge in [-0.2, -0.15) is 0 Å². The standard InChI is InChI=1S/C72H86O4S8/c1-9-15-19-21-23-25-37-75-71(73)59-35-33-57(81-59)64-52-40-46(8)78-68(52)66(58-34-36-60(82-58)72(74)76-38-26-24-22-20-16-10-2)54-44-62(84-70(54)64)61-43-53-65(56-32-30-50(80-56)42-48(14-6)28-18-12-4)67-51(39-45(7)77-67)63(69(53)83-61)55-31-29-49(79-55)41-47(13-5)27-17-11-3/h29-36,39-40,43-44,47-48H,9-28,37-38,41-42H2,1-8H3. The molecule has 2 aromatic carbocycles. The molecule has 8 aromatic heterocycles. The second-order valence-corrected chi connectivity index (χ2v) is 32.4. The molecule has 10 rings (SSSR count). The first-order valence-corrected chi connectivity index (χ1v) is 38.3. The first-order chi connectivity index (χ1) is 41.0. The zero-order valence-corrected chi connectivity index (χ0v) is 57.5. The Morgan fingerprint density at radius 1 is 0.369 bits per heavy atom. The summed E-state index contributed by atoms with van der Waals surface area (Å²) < 4.78 is 17.0. The molecule has 4 nitrogen and oxygen atoms in total.